The standard InChI is InChI=1S/C17H26F2N4O3/c1-12(5-7-23(2)3)22-16(24)10-20-9-14-8-13(4-6-21-14)17(25)26-11-15(18)19/h4,6,8,12,15,20H,5,7,9-11H2,1-3H3,(H,22,24). The summed E-state index contributed by atoms with van der Waals surface area (Å²) in [5.41, 5.74) is 0.643. The predicted octanol–water partition coefficient (Wildman–Crippen LogP) is 1.05. The summed E-state index contributed by atoms with van der Waals surface area (Å²) < 4.78 is 28.6. The highest BCUT2D eigenvalue weighted by Gasteiger charge is 2.12. The van der Waals surface area contributed by atoms with Crippen molar-refractivity contribution in [3.05, 3.63) is 29.6 Å². The smallest absolute Gasteiger partial charge is 0.338 e. The topological polar surface area (TPSA) is 83.6 Å². The van der Waals surface area contributed by atoms with Crippen LogP contribution in [0.4, 0.5) is 8.78 Å². The zero-order chi connectivity index (χ0) is 19.5. The minimum atomic E-state index is -2.71. The molecule has 1 heterocycles. The highest BCUT2D eigenvalue weighted by atomic mass is 19.3. The molecule has 146 valence electrons. The molecule has 0 bridgehead atoms. The van der Waals surface area contributed by atoms with Crippen molar-refractivity contribution in [2.45, 2.75) is 32.4 Å². The number of halogens is 2. The molecule has 1 atom stereocenters. The molecule has 0 aliphatic carbocycles. The Balaban J connectivity index is 2.37. The summed E-state index contributed by atoms with van der Waals surface area (Å²) >= 11 is 0. The molecule has 0 spiro atoms. The van der Waals surface area contributed by atoms with Gasteiger partial charge in [-0.25, -0.2) is 13.6 Å². The molecule has 1 aromatic rings. The van der Waals surface area contributed by atoms with Crippen LogP contribution in [0.25, 0.3) is 0 Å². The van der Waals surface area contributed by atoms with Gasteiger partial charge in [0.2, 0.25) is 5.91 Å². The Bertz CT molecular complexity index is 585. The van der Waals surface area contributed by atoms with Gasteiger partial charge in [0.25, 0.3) is 6.43 Å². The Morgan fingerprint density at radius 3 is 2.73 bits per heavy atom. The molecule has 0 aromatic carbocycles. The lowest BCUT2D eigenvalue weighted by Crippen LogP contribution is -2.40. The average Bonchev–Trinajstić information content (AvgIpc) is 2.58. The van der Waals surface area contributed by atoms with Gasteiger partial charge < -0.3 is 20.3 Å². The van der Waals surface area contributed by atoms with Crippen molar-refractivity contribution < 1.29 is 23.1 Å². The number of amides is 1. The predicted molar refractivity (Wildman–Crippen MR) is 93.0 cm³/mol. The normalized spacial score (nSPS) is 12.3. The fraction of sp³-hybridized carbons (Fsp3) is 0.588. The number of aromatic nitrogens is 1. The quantitative estimate of drug-likeness (QED) is 0.565. The lowest BCUT2D eigenvalue weighted by Gasteiger charge is -2.16. The van der Waals surface area contributed by atoms with Gasteiger partial charge >= 0.3 is 5.97 Å². The highest BCUT2D eigenvalue weighted by Crippen LogP contribution is 2.05. The van der Waals surface area contributed by atoms with Crippen molar-refractivity contribution in [1.29, 1.82) is 0 Å². The molecular weight excluding hydrogens is 346 g/mol. The first kappa shape index (κ1) is 21.9. The van der Waals surface area contributed by atoms with E-state index in [4.69, 9.17) is 0 Å². The van der Waals surface area contributed by atoms with Crippen molar-refractivity contribution in [1.82, 2.24) is 20.5 Å². The van der Waals surface area contributed by atoms with E-state index in [1.165, 1.54) is 18.3 Å². The van der Waals surface area contributed by atoms with Gasteiger partial charge in [-0.2, -0.15) is 0 Å². The van der Waals surface area contributed by atoms with Crippen LogP contribution in [0.1, 0.15) is 29.4 Å². The number of carbonyl (C=O) groups excluding carboxylic acids is 2. The van der Waals surface area contributed by atoms with Crippen molar-refractivity contribution in [2.75, 3.05) is 33.8 Å². The summed E-state index contributed by atoms with van der Waals surface area (Å²) in [7, 11) is 3.95. The second-order valence-electron chi connectivity index (χ2n) is 6.19. The first-order valence-corrected chi connectivity index (χ1v) is 8.33. The summed E-state index contributed by atoms with van der Waals surface area (Å²) in [4.78, 5) is 29.6. The van der Waals surface area contributed by atoms with E-state index in [1.54, 1.807) is 0 Å². The number of rotatable bonds is 11. The number of alkyl halides is 2. The van der Waals surface area contributed by atoms with E-state index < -0.39 is 19.0 Å². The molecule has 0 aliphatic heterocycles. The van der Waals surface area contributed by atoms with E-state index in [2.05, 4.69) is 20.4 Å². The molecule has 2 N–H and O–H groups in total. The maximum absolute atomic E-state index is 12.1. The number of pyridine rings is 1. The number of hydrogen-bond donors (Lipinski definition) is 2. The first-order valence-electron chi connectivity index (χ1n) is 8.33. The van der Waals surface area contributed by atoms with Gasteiger partial charge in [-0.1, -0.05) is 0 Å². The monoisotopic (exact) mass is 372 g/mol. The number of esters is 1. The van der Waals surface area contributed by atoms with Gasteiger partial charge in [-0.3, -0.25) is 9.78 Å². The highest BCUT2D eigenvalue weighted by molar-refractivity contribution is 5.89. The molecule has 1 rings (SSSR count). The van der Waals surface area contributed by atoms with Gasteiger partial charge in [0.1, 0.15) is 0 Å². The molecule has 0 radical (unpaired) electrons. The van der Waals surface area contributed by atoms with Crippen molar-refractivity contribution in [3.63, 3.8) is 0 Å². The molecule has 26 heavy (non-hydrogen) atoms. The van der Waals surface area contributed by atoms with E-state index in [-0.39, 0.29) is 30.6 Å². The SMILES string of the molecule is CC(CCN(C)C)NC(=O)CNCc1cc(C(=O)OCC(F)F)ccn1. The molecule has 0 saturated heterocycles. The lowest BCUT2D eigenvalue weighted by atomic mass is 10.2. The third-order valence-corrected chi connectivity index (χ3v) is 3.40. The maximum atomic E-state index is 12.1. The first-order chi connectivity index (χ1) is 12.3. The zero-order valence-electron chi connectivity index (χ0n) is 15.3. The van der Waals surface area contributed by atoms with Crippen molar-refractivity contribution in [2.24, 2.45) is 0 Å². The van der Waals surface area contributed by atoms with E-state index >= 15 is 0 Å². The van der Waals surface area contributed by atoms with E-state index in [0.717, 1.165) is 13.0 Å². The average molecular weight is 372 g/mol. The molecule has 1 aromatic heterocycles. The largest absolute Gasteiger partial charge is 0.456 e. The van der Waals surface area contributed by atoms with Crippen LogP contribution in [0.2, 0.25) is 0 Å². The van der Waals surface area contributed by atoms with Crippen LogP contribution in [-0.2, 0) is 16.1 Å². The van der Waals surface area contributed by atoms with Crippen LogP contribution in [0, 0.1) is 0 Å². The van der Waals surface area contributed by atoms with Gasteiger partial charge in [0.15, 0.2) is 6.61 Å². The van der Waals surface area contributed by atoms with Crippen LogP contribution in [0.15, 0.2) is 18.3 Å². The Kier molecular flexibility index (Phi) is 9.67. The molecule has 9 heteroatoms. The molecule has 0 aliphatic rings. The fourth-order valence-corrected chi connectivity index (χ4v) is 2.08. The van der Waals surface area contributed by atoms with E-state index in [9.17, 15) is 18.4 Å². The number of nitrogens with one attached hydrogen (secondary N) is 2. The van der Waals surface area contributed by atoms with Crippen LogP contribution < -0.4 is 10.6 Å². The van der Waals surface area contributed by atoms with Gasteiger partial charge in [-0.15, -0.1) is 0 Å². The molecule has 0 saturated carbocycles. The van der Waals surface area contributed by atoms with Crippen LogP contribution in [-0.4, -0.2) is 68.0 Å². The van der Waals surface area contributed by atoms with Crippen molar-refractivity contribution >= 4 is 11.9 Å². The summed E-state index contributed by atoms with van der Waals surface area (Å²) in [6.07, 6.45) is -0.469. The van der Waals surface area contributed by atoms with Crippen LogP contribution >= 0.6 is 0 Å². The molecular formula is C17H26F2N4O3. The fourth-order valence-electron chi connectivity index (χ4n) is 2.08. The van der Waals surface area contributed by atoms with Gasteiger partial charge in [0.05, 0.1) is 17.8 Å². The summed E-state index contributed by atoms with van der Waals surface area (Å²) in [6.45, 7) is 2.25. The Labute approximate surface area is 152 Å². The maximum Gasteiger partial charge on any atom is 0.338 e. The number of nitrogens with zero attached hydrogens (tertiary/aromatic N) is 2. The second-order valence-corrected chi connectivity index (χ2v) is 6.19. The Hall–Kier alpha value is -2.13. The molecule has 1 amide bonds. The Morgan fingerprint density at radius 2 is 2.08 bits per heavy atom. The number of ether oxygens (including phenoxy) is 1. The minimum Gasteiger partial charge on any atom is -0.456 e. The number of carbonyl (C=O) groups is 2. The van der Waals surface area contributed by atoms with Gasteiger partial charge in [0, 0.05) is 18.8 Å². The van der Waals surface area contributed by atoms with E-state index in [1.807, 2.05) is 25.9 Å². The molecule has 7 nitrogen and oxygen atoms in total. The molecule has 0 fully saturated rings. The molecule has 1 unspecified atom stereocenters. The number of hydrogen-bond acceptors (Lipinski definition) is 6. The lowest BCUT2D eigenvalue weighted by molar-refractivity contribution is -0.120. The summed E-state index contributed by atoms with van der Waals surface area (Å²) in [6, 6.07) is 2.90. The summed E-state index contributed by atoms with van der Waals surface area (Å²) in [5.74, 6) is -0.967. The zero-order valence-corrected chi connectivity index (χ0v) is 15.3. The van der Waals surface area contributed by atoms with Crippen LogP contribution in [0.3, 0.4) is 0 Å². The summed E-state index contributed by atoms with van der Waals surface area (Å²) in [5, 5.41) is 5.82. The van der Waals surface area contributed by atoms with Crippen LogP contribution in [0.5, 0.6) is 0 Å². The van der Waals surface area contributed by atoms with Gasteiger partial charge in [-0.05, 0) is 46.1 Å². The minimum absolute atomic E-state index is 0.0674. The second kappa shape index (κ2) is 11.5. The van der Waals surface area contributed by atoms with Crippen molar-refractivity contribution in [3.8, 4) is 0 Å². The Morgan fingerprint density at radius 1 is 1.35 bits per heavy atom. The third kappa shape index (κ3) is 9.38. The van der Waals surface area contributed by atoms with E-state index in [0.29, 0.717) is 5.69 Å². The third-order valence-electron chi connectivity index (χ3n) is 3.40.